The first kappa shape index (κ1) is 16.2. The van der Waals surface area contributed by atoms with Gasteiger partial charge in [-0.25, -0.2) is 0 Å². The molecule has 0 bridgehead atoms. The summed E-state index contributed by atoms with van der Waals surface area (Å²) in [6, 6.07) is 14.0. The third-order valence-corrected chi connectivity index (χ3v) is 4.04. The van der Waals surface area contributed by atoms with Crippen molar-refractivity contribution >= 4 is 29.1 Å². The minimum atomic E-state index is 0.426. The van der Waals surface area contributed by atoms with Crippen molar-refractivity contribution in [2.24, 2.45) is 0 Å². The van der Waals surface area contributed by atoms with Crippen molar-refractivity contribution in [2.75, 3.05) is 10.6 Å². The number of hydrogen-bond donors (Lipinski definition) is 2. The lowest BCUT2D eigenvalue weighted by atomic mass is 10.1. The van der Waals surface area contributed by atoms with Crippen molar-refractivity contribution in [3.05, 3.63) is 70.4 Å². The van der Waals surface area contributed by atoms with Gasteiger partial charge in [-0.1, -0.05) is 47.5 Å². The van der Waals surface area contributed by atoms with Gasteiger partial charge < -0.3 is 10.6 Å². The van der Waals surface area contributed by atoms with Crippen molar-refractivity contribution in [2.45, 2.75) is 20.4 Å². The van der Waals surface area contributed by atoms with Crippen molar-refractivity contribution in [3.8, 4) is 0 Å². The van der Waals surface area contributed by atoms with Crippen LogP contribution in [0.3, 0.4) is 0 Å². The fourth-order valence-electron chi connectivity index (χ4n) is 2.32. The molecule has 2 N–H and O–H groups in total. The summed E-state index contributed by atoms with van der Waals surface area (Å²) in [4.78, 5) is 4.44. The summed E-state index contributed by atoms with van der Waals surface area (Å²) in [6.45, 7) is 4.69. The summed E-state index contributed by atoms with van der Waals surface area (Å²) in [6.07, 6.45) is 1.60. The number of aryl methyl sites for hydroxylation is 1. The molecule has 0 aliphatic rings. The number of nitrogens with one attached hydrogen (secondary N) is 2. The highest BCUT2D eigenvalue weighted by Crippen LogP contribution is 2.24. The summed E-state index contributed by atoms with van der Waals surface area (Å²) < 4.78 is 0. The van der Waals surface area contributed by atoms with Gasteiger partial charge >= 0.3 is 0 Å². The van der Waals surface area contributed by atoms with Crippen molar-refractivity contribution in [1.82, 2.24) is 15.2 Å². The third kappa shape index (κ3) is 4.00. The van der Waals surface area contributed by atoms with Gasteiger partial charge in [0, 0.05) is 17.3 Å². The van der Waals surface area contributed by atoms with Gasteiger partial charge in [-0.15, -0.1) is 5.10 Å². The lowest BCUT2D eigenvalue weighted by Crippen LogP contribution is -2.06. The Kier molecular flexibility index (Phi) is 4.91. The number of benzene rings is 2. The average molecular weight is 340 g/mol. The zero-order valence-electron chi connectivity index (χ0n) is 13.5. The number of halogens is 1. The smallest absolute Gasteiger partial charge is 0.249 e. The van der Waals surface area contributed by atoms with Crippen LogP contribution in [0, 0.1) is 13.8 Å². The molecule has 0 radical (unpaired) electrons. The second kappa shape index (κ2) is 7.27. The van der Waals surface area contributed by atoms with Crippen LogP contribution in [0.15, 0.2) is 48.7 Å². The first-order valence-corrected chi connectivity index (χ1v) is 8.01. The maximum atomic E-state index is 6.13. The molecule has 5 nitrogen and oxygen atoms in total. The Hall–Kier alpha value is -2.66. The predicted octanol–water partition coefficient (Wildman–Crippen LogP) is 4.50. The first-order chi connectivity index (χ1) is 11.6. The summed E-state index contributed by atoms with van der Waals surface area (Å²) in [5.74, 6) is 1.09. The summed E-state index contributed by atoms with van der Waals surface area (Å²) in [5, 5.41) is 15.1. The van der Waals surface area contributed by atoms with E-state index in [2.05, 4.69) is 50.9 Å². The maximum Gasteiger partial charge on any atom is 0.249 e. The van der Waals surface area contributed by atoms with Crippen molar-refractivity contribution < 1.29 is 0 Å². The molecule has 122 valence electrons. The molecule has 0 unspecified atom stereocenters. The van der Waals surface area contributed by atoms with Crippen LogP contribution in [0.1, 0.15) is 16.7 Å². The van der Waals surface area contributed by atoms with E-state index in [4.69, 9.17) is 11.6 Å². The van der Waals surface area contributed by atoms with E-state index in [-0.39, 0.29) is 0 Å². The number of aromatic nitrogens is 3. The van der Waals surface area contributed by atoms with E-state index in [1.54, 1.807) is 6.20 Å². The largest absolute Gasteiger partial charge is 0.365 e. The first-order valence-electron chi connectivity index (χ1n) is 7.63. The van der Waals surface area contributed by atoms with E-state index in [9.17, 15) is 0 Å². The molecule has 0 aliphatic carbocycles. The Bertz CT molecular complexity index is 850. The molecule has 0 atom stereocenters. The Morgan fingerprint density at radius 2 is 1.92 bits per heavy atom. The van der Waals surface area contributed by atoms with Crippen LogP contribution in [0.4, 0.5) is 17.5 Å². The molecule has 24 heavy (non-hydrogen) atoms. The Morgan fingerprint density at radius 3 is 2.75 bits per heavy atom. The lowest BCUT2D eigenvalue weighted by Gasteiger charge is -2.10. The molecule has 3 rings (SSSR count). The molecule has 6 heteroatoms. The quantitative estimate of drug-likeness (QED) is 0.716. The van der Waals surface area contributed by atoms with Gasteiger partial charge in [0.05, 0.1) is 6.20 Å². The van der Waals surface area contributed by atoms with Crippen LogP contribution in [0.2, 0.25) is 5.02 Å². The molecular weight excluding hydrogens is 322 g/mol. The summed E-state index contributed by atoms with van der Waals surface area (Å²) in [5.41, 5.74) is 4.23. The molecular formula is C18H18ClN5. The Labute approximate surface area is 146 Å². The van der Waals surface area contributed by atoms with Gasteiger partial charge in [-0.2, -0.15) is 10.1 Å². The highest BCUT2D eigenvalue weighted by molar-refractivity contribution is 6.31. The van der Waals surface area contributed by atoms with Crippen LogP contribution in [-0.4, -0.2) is 15.2 Å². The molecule has 1 aromatic heterocycles. The van der Waals surface area contributed by atoms with E-state index in [0.717, 1.165) is 11.3 Å². The number of hydrogen-bond acceptors (Lipinski definition) is 5. The Balaban J connectivity index is 1.71. The SMILES string of the molecule is Cc1cccc(CNc2cnnc(Nc3cccc(Cl)c3C)n2)c1. The molecule has 0 aliphatic heterocycles. The van der Waals surface area contributed by atoms with Crippen LogP contribution in [0.5, 0.6) is 0 Å². The molecule has 0 fully saturated rings. The molecule has 2 aromatic carbocycles. The topological polar surface area (TPSA) is 62.7 Å². The van der Waals surface area contributed by atoms with Gasteiger partial charge in [0.15, 0.2) is 5.82 Å². The zero-order valence-corrected chi connectivity index (χ0v) is 14.3. The molecule has 0 saturated carbocycles. The van der Waals surface area contributed by atoms with Crippen LogP contribution in [0.25, 0.3) is 0 Å². The highest BCUT2D eigenvalue weighted by Gasteiger charge is 2.05. The number of anilines is 3. The minimum absolute atomic E-state index is 0.426. The fourth-order valence-corrected chi connectivity index (χ4v) is 2.49. The van der Waals surface area contributed by atoms with Crippen LogP contribution >= 0.6 is 11.6 Å². The zero-order chi connectivity index (χ0) is 16.9. The second-order valence-electron chi connectivity index (χ2n) is 5.55. The third-order valence-electron chi connectivity index (χ3n) is 3.63. The standard InChI is InChI=1S/C18H18ClN5/c1-12-5-3-6-14(9-12)10-20-17-11-21-24-18(23-17)22-16-8-4-7-15(19)13(16)2/h3-9,11H,10H2,1-2H3,(H2,20,22,23,24). The number of nitrogens with zero attached hydrogens (tertiary/aromatic N) is 3. The van der Waals surface area contributed by atoms with Gasteiger partial charge in [0.1, 0.15) is 0 Å². The highest BCUT2D eigenvalue weighted by atomic mass is 35.5. The van der Waals surface area contributed by atoms with Gasteiger partial charge in [-0.05, 0) is 37.1 Å². The van der Waals surface area contributed by atoms with E-state index >= 15 is 0 Å². The predicted molar refractivity (Wildman–Crippen MR) is 97.8 cm³/mol. The average Bonchev–Trinajstić information content (AvgIpc) is 2.58. The van der Waals surface area contributed by atoms with Crippen molar-refractivity contribution in [1.29, 1.82) is 0 Å². The van der Waals surface area contributed by atoms with Crippen molar-refractivity contribution in [3.63, 3.8) is 0 Å². The van der Waals surface area contributed by atoms with Gasteiger partial charge in [0.25, 0.3) is 0 Å². The molecule has 3 aromatic rings. The number of rotatable bonds is 5. The van der Waals surface area contributed by atoms with Gasteiger partial charge in [0.2, 0.25) is 5.95 Å². The van der Waals surface area contributed by atoms with E-state index < -0.39 is 0 Å². The van der Waals surface area contributed by atoms with E-state index in [1.807, 2.05) is 31.2 Å². The molecule has 0 spiro atoms. The van der Waals surface area contributed by atoms with E-state index in [0.29, 0.717) is 23.3 Å². The molecule has 0 amide bonds. The minimum Gasteiger partial charge on any atom is -0.365 e. The molecule has 1 heterocycles. The summed E-state index contributed by atoms with van der Waals surface area (Å²) in [7, 11) is 0. The lowest BCUT2D eigenvalue weighted by molar-refractivity contribution is 0.965. The van der Waals surface area contributed by atoms with Gasteiger partial charge in [-0.3, -0.25) is 0 Å². The second-order valence-corrected chi connectivity index (χ2v) is 5.95. The van der Waals surface area contributed by atoms with E-state index in [1.165, 1.54) is 11.1 Å². The van der Waals surface area contributed by atoms with Crippen LogP contribution in [-0.2, 0) is 6.54 Å². The fraction of sp³-hybridized carbons (Fsp3) is 0.167. The molecule has 0 saturated heterocycles. The Morgan fingerprint density at radius 1 is 1.08 bits per heavy atom. The normalized spacial score (nSPS) is 10.5. The monoisotopic (exact) mass is 339 g/mol. The summed E-state index contributed by atoms with van der Waals surface area (Å²) >= 11 is 6.13. The van der Waals surface area contributed by atoms with Crippen LogP contribution < -0.4 is 10.6 Å². The maximum absolute atomic E-state index is 6.13.